The van der Waals surface area contributed by atoms with Crippen LogP contribution in [-0.4, -0.2) is 42.4 Å². The highest BCUT2D eigenvalue weighted by atomic mass is 16.5. The number of rotatable bonds is 6. The minimum atomic E-state index is 0.492. The highest BCUT2D eigenvalue weighted by molar-refractivity contribution is 5.59. The number of methoxy groups -OCH3 is 2. The largest absolute Gasteiger partial charge is 0.493 e. The van der Waals surface area contributed by atoms with Crippen LogP contribution in [0.4, 0.5) is 0 Å². The molecule has 2 aromatic carbocycles. The molecule has 0 bridgehead atoms. The Hall–Kier alpha value is -2.79. The Kier molecular flexibility index (Phi) is 5.35. The molecule has 0 unspecified atom stereocenters. The molecule has 146 valence electrons. The molecular weight excluding hydrogens is 350 g/mol. The van der Waals surface area contributed by atoms with Crippen LogP contribution in [0.15, 0.2) is 48.5 Å². The van der Waals surface area contributed by atoms with Gasteiger partial charge in [-0.2, -0.15) is 5.10 Å². The Balaban J connectivity index is 1.41. The fourth-order valence-electron chi connectivity index (χ4n) is 3.89. The van der Waals surface area contributed by atoms with Crippen LogP contribution in [0.1, 0.15) is 29.2 Å². The zero-order chi connectivity index (χ0) is 19.5. The van der Waals surface area contributed by atoms with Crippen LogP contribution in [0.5, 0.6) is 11.5 Å². The van der Waals surface area contributed by atoms with Crippen molar-refractivity contribution in [1.29, 1.82) is 0 Å². The molecule has 4 rings (SSSR count). The van der Waals surface area contributed by atoms with Crippen molar-refractivity contribution < 1.29 is 9.47 Å². The molecule has 0 radical (unpaired) electrons. The highest BCUT2D eigenvalue weighted by Gasteiger charge is 2.25. The zero-order valence-electron chi connectivity index (χ0n) is 16.7. The second-order valence-corrected chi connectivity index (χ2v) is 7.48. The fraction of sp³-hybridized carbons (Fsp3) is 0.348. The summed E-state index contributed by atoms with van der Waals surface area (Å²) < 4.78 is 10.8. The van der Waals surface area contributed by atoms with Crippen LogP contribution in [0.25, 0.3) is 11.3 Å². The third-order valence-electron chi connectivity index (χ3n) is 5.51. The van der Waals surface area contributed by atoms with E-state index in [1.165, 1.54) is 16.8 Å². The molecule has 0 amide bonds. The molecule has 1 atom stereocenters. The lowest BCUT2D eigenvalue weighted by Crippen LogP contribution is -2.19. The van der Waals surface area contributed by atoms with Gasteiger partial charge in [-0.1, -0.05) is 35.9 Å². The summed E-state index contributed by atoms with van der Waals surface area (Å²) in [6.45, 7) is 5.13. The van der Waals surface area contributed by atoms with Gasteiger partial charge < -0.3 is 9.47 Å². The van der Waals surface area contributed by atoms with Crippen molar-refractivity contribution in [3.63, 3.8) is 0 Å². The Morgan fingerprint density at radius 2 is 1.82 bits per heavy atom. The second-order valence-electron chi connectivity index (χ2n) is 7.48. The first-order chi connectivity index (χ1) is 13.7. The molecule has 5 heteroatoms. The standard InChI is InChI=1S/C23H27N3O2/c1-16-4-7-18(8-5-16)20-13-21(25-24-20)19-10-11-26(15-19)14-17-6-9-22(27-2)23(12-17)28-3/h4-9,12-13,19H,10-11,14-15H2,1-3H3,(H,24,25)/t19-/m1/s1. The van der Waals surface area contributed by atoms with Crippen LogP contribution in [0, 0.1) is 6.92 Å². The molecular formula is C23H27N3O2. The van der Waals surface area contributed by atoms with Gasteiger partial charge in [0, 0.05) is 30.3 Å². The number of H-pyrrole nitrogens is 1. The van der Waals surface area contributed by atoms with E-state index in [1.54, 1.807) is 14.2 Å². The maximum atomic E-state index is 5.43. The van der Waals surface area contributed by atoms with Crippen LogP contribution in [0.2, 0.25) is 0 Å². The summed E-state index contributed by atoms with van der Waals surface area (Å²) in [6, 6.07) is 16.9. The predicted molar refractivity (Wildman–Crippen MR) is 111 cm³/mol. The van der Waals surface area contributed by atoms with E-state index in [2.05, 4.69) is 64.5 Å². The lowest BCUT2D eigenvalue weighted by atomic mass is 10.0. The first-order valence-electron chi connectivity index (χ1n) is 9.72. The van der Waals surface area contributed by atoms with Crippen LogP contribution < -0.4 is 9.47 Å². The van der Waals surface area contributed by atoms with Gasteiger partial charge in [-0.05, 0) is 43.7 Å². The Morgan fingerprint density at radius 3 is 2.57 bits per heavy atom. The minimum Gasteiger partial charge on any atom is -0.493 e. The van der Waals surface area contributed by atoms with Crippen molar-refractivity contribution >= 4 is 0 Å². The van der Waals surface area contributed by atoms with Gasteiger partial charge in [0.25, 0.3) is 0 Å². The highest BCUT2D eigenvalue weighted by Crippen LogP contribution is 2.32. The van der Waals surface area contributed by atoms with E-state index in [0.29, 0.717) is 5.92 Å². The van der Waals surface area contributed by atoms with Crippen molar-refractivity contribution in [3.05, 3.63) is 65.4 Å². The average Bonchev–Trinajstić information content (AvgIpc) is 3.38. The van der Waals surface area contributed by atoms with Gasteiger partial charge in [0.2, 0.25) is 0 Å². The number of hydrogen-bond donors (Lipinski definition) is 1. The lowest BCUT2D eigenvalue weighted by molar-refractivity contribution is 0.323. The molecule has 1 aliphatic rings. The van der Waals surface area contributed by atoms with Crippen LogP contribution in [0.3, 0.4) is 0 Å². The third kappa shape index (κ3) is 3.90. The smallest absolute Gasteiger partial charge is 0.161 e. The number of nitrogens with zero attached hydrogens (tertiary/aromatic N) is 2. The van der Waals surface area contributed by atoms with Crippen molar-refractivity contribution in [2.24, 2.45) is 0 Å². The molecule has 1 aromatic heterocycles. The molecule has 0 aliphatic carbocycles. The zero-order valence-corrected chi connectivity index (χ0v) is 16.7. The van der Waals surface area contributed by atoms with E-state index in [1.807, 2.05) is 6.07 Å². The Bertz CT molecular complexity index is 933. The minimum absolute atomic E-state index is 0.492. The van der Waals surface area contributed by atoms with E-state index in [9.17, 15) is 0 Å². The predicted octanol–water partition coefficient (Wildman–Crippen LogP) is 4.39. The molecule has 2 heterocycles. The van der Waals surface area contributed by atoms with E-state index < -0.39 is 0 Å². The fourth-order valence-corrected chi connectivity index (χ4v) is 3.89. The quantitative estimate of drug-likeness (QED) is 0.692. The van der Waals surface area contributed by atoms with Gasteiger partial charge in [-0.3, -0.25) is 10.00 Å². The Morgan fingerprint density at radius 1 is 1.04 bits per heavy atom. The maximum absolute atomic E-state index is 5.43. The summed E-state index contributed by atoms with van der Waals surface area (Å²) in [5.41, 5.74) is 5.91. The van der Waals surface area contributed by atoms with Gasteiger partial charge in [-0.25, -0.2) is 0 Å². The van der Waals surface area contributed by atoms with Gasteiger partial charge >= 0.3 is 0 Å². The number of aromatic amines is 1. The monoisotopic (exact) mass is 377 g/mol. The first kappa shape index (κ1) is 18.6. The molecule has 1 fully saturated rings. The summed E-state index contributed by atoms with van der Waals surface area (Å²) in [5, 5.41) is 7.80. The van der Waals surface area contributed by atoms with Crippen molar-refractivity contribution in [2.45, 2.75) is 25.8 Å². The number of nitrogens with one attached hydrogen (secondary N) is 1. The first-order valence-corrected chi connectivity index (χ1v) is 9.72. The van der Waals surface area contributed by atoms with Gasteiger partial charge in [0.15, 0.2) is 11.5 Å². The normalized spacial score (nSPS) is 17.0. The number of benzene rings is 2. The lowest BCUT2D eigenvalue weighted by Gasteiger charge is -2.17. The van der Waals surface area contributed by atoms with Crippen LogP contribution in [-0.2, 0) is 6.54 Å². The summed E-state index contributed by atoms with van der Waals surface area (Å²) in [7, 11) is 3.34. The Labute approximate surface area is 166 Å². The van der Waals surface area contributed by atoms with E-state index in [0.717, 1.165) is 48.8 Å². The topological polar surface area (TPSA) is 50.4 Å². The van der Waals surface area contributed by atoms with E-state index in [4.69, 9.17) is 9.47 Å². The van der Waals surface area contributed by atoms with E-state index >= 15 is 0 Å². The summed E-state index contributed by atoms with van der Waals surface area (Å²) >= 11 is 0. The molecule has 5 nitrogen and oxygen atoms in total. The second kappa shape index (κ2) is 8.07. The molecule has 1 aliphatic heterocycles. The molecule has 0 spiro atoms. The molecule has 3 aromatic rings. The summed E-state index contributed by atoms with van der Waals surface area (Å²) in [4.78, 5) is 2.48. The summed E-state index contributed by atoms with van der Waals surface area (Å²) in [6.07, 6.45) is 1.14. The van der Waals surface area contributed by atoms with Gasteiger partial charge in [0.1, 0.15) is 0 Å². The number of likely N-dealkylation sites (tertiary alicyclic amines) is 1. The number of aromatic nitrogens is 2. The molecule has 1 saturated heterocycles. The SMILES string of the molecule is COc1ccc(CN2CC[C@@H](c3cc(-c4ccc(C)cc4)n[nH]3)C2)cc1OC. The van der Waals surface area contributed by atoms with Crippen molar-refractivity contribution in [1.82, 2.24) is 15.1 Å². The maximum Gasteiger partial charge on any atom is 0.161 e. The summed E-state index contributed by atoms with van der Waals surface area (Å²) in [5.74, 6) is 2.05. The van der Waals surface area contributed by atoms with Crippen molar-refractivity contribution in [3.8, 4) is 22.8 Å². The van der Waals surface area contributed by atoms with E-state index in [-0.39, 0.29) is 0 Å². The molecule has 0 saturated carbocycles. The third-order valence-corrected chi connectivity index (χ3v) is 5.51. The number of hydrogen-bond acceptors (Lipinski definition) is 4. The number of aryl methyl sites for hydroxylation is 1. The molecule has 28 heavy (non-hydrogen) atoms. The van der Waals surface area contributed by atoms with Crippen LogP contribution >= 0.6 is 0 Å². The number of ether oxygens (including phenoxy) is 2. The average molecular weight is 377 g/mol. The van der Waals surface area contributed by atoms with Gasteiger partial charge in [0.05, 0.1) is 19.9 Å². The molecule has 1 N–H and O–H groups in total. The van der Waals surface area contributed by atoms with Gasteiger partial charge in [-0.15, -0.1) is 0 Å². The van der Waals surface area contributed by atoms with Crippen molar-refractivity contribution in [2.75, 3.05) is 27.3 Å².